The third kappa shape index (κ3) is 4.35. The molecule has 6 heteroatoms. The Morgan fingerprint density at radius 1 is 1.22 bits per heavy atom. The van der Waals surface area contributed by atoms with Crippen LogP contribution in [0.2, 0.25) is 5.02 Å². The molecule has 0 aliphatic rings. The maximum atomic E-state index is 11.8. The van der Waals surface area contributed by atoms with Crippen molar-refractivity contribution in [3.63, 3.8) is 0 Å². The average molecular weight is 401 g/mol. The number of sulfone groups is 1. The normalized spacial score (nSPS) is 12.8. The van der Waals surface area contributed by atoms with Gasteiger partial charge in [-0.3, -0.25) is 0 Å². The number of halogens is 1. The number of para-hydroxylation sites is 1. The number of hydrogen-bond donors (Lipinski definition) is 1. The molecule has 0 aliphatic heterocycles. The summed E-state index contributed by atoms with van der Waals surface area (Å²) in [6.45, 7) is 2.02. The number of nitrogens with one attached hydrogen (secondary N) is 1. The van der Waals surface area contributed by atoms with Crippen LogP contribution in [0.15, 0.2) is 42.6 Å². The van der Waals surface area contributed by atoms with Crippen LogP contribution in [0.5, 0.6) is 0 Å². The fraction of sp³-hybridized carbons (Fsp3) is 0.286. The fourth-order valence-electron chi connectivity index (χ4n) is 3.65. The van der Waals surface area contributed by atoms with Crippen molar-refractivity contribution >= 4 is 32.3 Å². The summed E-state index contributed by atoms with van der Waals surface area (Å²) >= 11 is 6.11. The first kappa shape index (κ1) is 19.5. The van der Waals surface area contributed by atoms with E-state index in [0.717, 1.165) is 33.2 Å². The molecule has 0 saturated heterocycles. The van der Waals surface area contributed by atoms with Gasteiger partial charge in [0.05, 0.1) is 11.8 Å². The number of aromatic nitrogens is 1. The van der Waals surface area contributed by atoms with Gasteiger partial charge in [0, 0.05) is 40.7 Å². The number of nitriles is 1. The van der Waals surface area contributed by atoms with E-state index in [1.807, 2.05) is 49.5 Å². The summed E-state index contributed by atoms with van der Waals surface area (Å²) < 4.78 is 23.5. The number of nitrogens with zero attached hydrogens (tertiary/aromatic N) is 1. The lowest BCUT2D eigenvalue weighted by molar-refractivity contribution is 0.601. The zero-order chi connectivity index (χ0) is 19.6. The highest BCUT2D eigenvalue weighted by Gasteiger charge is 2.21. The number of hydrogen-bond acceptors (Lipinski definition) is 3. The molecule has 0 bridgehead atoms. The van der Waals surface area contributed by atoms with Crippen molar-refractivity contribution in [2.45, 2.75) is 31.4 Å². The second-order valence-corrected chi connectivity index (χ2v) is 9.48. The molecule has 1 N–H and O–H groups in total. The van der Waals surface area contributed by atoms with E-state index in [4.69, 9.17) is 16.9 Å². The molecule has 1 atom stereocenters. The SMILES string of the molecule is Cc1cc(Cl)ccc1C(CCC#N)c1c[nH]c2c(CS(C)(=O)=O)cccc12. The molecule has 27 heavy (non-hydrogen) atoms. The molecule has 0 aliphatic carbocycles. The third-order valence-electron chi connectivity index (χ3n) is 4.78. The lowest BCUT2D eigenvalue weighted by Crippen LogP contribution is -2.03. The van der Waals surface area contributed by atoms with Crippen molar-refractivity contribution in [3.8, 4) is 6.07 Å². The maximum absolute atomic E-state index is 11.8. The molecule has 2 aromatic carbocycles. The fourth-order valence-corrected chi connectivity index (χ4v) is 4.68. The first-order chi connectivity index (χ1) is 12.8. The highest BCUT2D eigenvalue weighted by Crippen LogP contribution is 2.37. The maximum Gasteiger partial charge on any atom is 0.151 e. The van der Waals surface area contributed by atoms with E-state index < -0.39 is 9.84 Å². The van der Waals surface area contributed by atoms with Gasteiger partial charge >= 0.3 is 0 Å². The standard InChI is InChI=1S/C21H21ClN2O2S/c1-14-11-16(22)8-9-17(14)18(7-4-10-23)20-12-24-21-15(13-27(2,25)26)5-3-6-19(20)21/h3,5-6,8-9,11-12,18,24H,4,7,13H2,1-2H3. The number of rotatable bonds is 6. The Bertz CT molecular complexity index is 1130. The van der Waals surface area contributed by atoms with Gasteiger partial charge in [0.2, 0.25) is 0 Å². The molecule has 0 saturated carbocycles. The van der Waals surface area contributed by atoms with E-state index in [1.165, 1.54) is 6.26 Å². The highest BCUT2D eigenvalue weighted by atomic mass is 35.5. The summed E-state index contributed by atoms with van der Waals surface area (Å²) in [5.41, 5.74) is 4.87. The Morgan fingerprint density at radius 2 is 2.00 bits per heavy atom. The summed E-state index contributed by atoms with van der Waals surface area (Å²) in [5, 5.41) is 10.8. The van der Waals surface area contributed by atoms with Gasteiger partial charge in [-0.1, -0.05) is 35.9 Å². The quantitative estimate of drug-likeness (QED) is 0.624. The molecule has 0 fully saturated rings. The summed E-state index contributed by atoms with van der Waals surface area (Å²) in [4.78, 5) is 3.26. The molecule has 3 aromatic rings. The minimum absolute atomic E-state index is 0.00682. The number of fused-ring (bicyclic) bond motifs is 1. The van der Waals surface area contributed by atoms with E-state index in [-0.39, 0.29) is 11.7 Å². The molecular formula is C21H21ClN2O2S. The van der Waals surface area contributed by atoms with Crippen LogP contribution in [-0.2, 0) is 15.6 Å². The second kappa shape index (κ2) is 7.75. The molecule has 0 amide bonds. The van der Waals surface area contributed by atoms with Crippen LogP contribution >= 0.6 is 11.6 Å². The summed E-state index contributed by atoms with van der Waals surface area (Å²) in [6, 6.07) is 13.8. The number of benzene rings is 2. The van der Waals surface area contributed by atoms with Crippen LogP contribution in [-0.4, -0.2) is 19.7 Å². The van der Waals surface area contributed by atoms with Crippen LogP contribution in [0, 0.1) is 18.3 Å². The molecule has 4 nitrogen and oxygen atoms in total. The second-order valence-electron chi connectivity index (χ2n) is 6.90. The van der Waals surface area contributed by atoms with E-state index in [9.17, 15) is 8.42 Å². The van der Waals surface area contributed by atoms with Crippen molar-refractivity contribution in [2.24, 2.45) is 0 Å². The highest BCUT2D eigenvalue weighted by molar-refractivity contribution is 7.89. The number of H-pyrrole nitrogens is 1. The Labute approximate surface area is 164 Å². The van der Waals surface area contributed by atoms with Crippen molar-refractivity contribution in [1.29, 1.82) is 5.26 Å². The predicted molar refractivity (Wildman–Crippen MR) is 110 cm³/mol. The lowest BCUT2D eigenvalue weighted by atomic mass is 9.85. The van der Waals surface area contributed by atoms with Gasteiger partial charge < -0.3 is 4.98 Å². The molecule has 0 radical (unpaired) electrons. The molecule has 140 valence electrons. The average Bonchev–Trinajstić information content (AvgIpc) is 3.00. The lowest BCUT2D eigenvalue weighted by Gasteiger charge is -2.19. The largest absolute Gasteiger partial charge is 0.361 e. The first-order valence-corrected chi connectivity index (χ1v) is 11.1. The van der Waals surface area contributed by atoms with Crippen molar-refractivity contribution in [1.82, 2.24) is 4.98 Å². The van der Waals surface area contributed by atoms with E-state index in [0.29, 0.717) is 17.9 Å². The van der Waals surface area contributed by atoms with E-state index in [1.54, 1.807) is 0 Å². The number of aryl methyl sites for hydroxylation is 1. The Kier molecular flexibility index (Phi) is 5.59. The van der Waals surface area contributed by atoms with Gasteiger partial charge in [0.25, 0.3) is 0 Å². The molecule has 0 spiro atoms. The van der Waals surface area contributed by atoms with E-state index in [2.05, 4.69) is 11.1 Å². The van der Waals surface area contributed by atoms with Gasteiger partial charge in [-0.2, -0.15) is 5.26 Å². The van der Waals surface area contributed by atoms with Crippen LogP contribution in [0.3, 0.4) is 0 Å². The topological polar surface area (TPSA) is 73.7 Å². The Balaban J connectivity index is 2.14. The molecule has 1 unspecified atom stereocenters. The van der Waals surface area contributed by atoms with Gasteiger partial charge in [0.1, 0.15) is 0 Å². The zero-order valence-electron chi connectivity index (χ0n) is 15.3. The molecule has 1 heterocycles. The van der Waals surface area contributed by atoms with Crippen molar-refractivity contribution in [3.05, 3.63) is 69.9 Å². The monoisotopic (exact) mass is 400 g/mol. The van der Waals surface area contributed by atoms with Crippen LogP contribution in [0.4, 0.5) is 0 Å². The molecule has 1 aromatic heterocycles. The smallest absolute Gasteiger partial charge is 0.151 e. The Hall–Kier alpha value is -2.29. The van der Waals surface area contributed by atoms with Crippen molar-refractivity contribution < 1.29 is 8.42 Å². The molecule has 3 rings (SSSR count). The van der Waals surface area contributed by atoms with Gasteiger partial charge in [-0.25, -0.2) is 8.42 Å². The summed E-state index contributed by atoms with van der Waals surface area (Å²) in [5.74, 6) is 0.0248. The zero-order valence-corrected chi connectivity index (χ0v) is 16.9. The van der Waals surface area contributed by atoms with Crippen molar-refractivity contribution in [2.75, 3.05) is 6.26 Å². The predicted octanol–water partition coefficient (Wildman–Crippen LogP) is 5.11. The van der Waals surface area contributed by atoms with Gasteiger partial charge in [-0.15, -0.1) is 0 Å². The Morgan fingerprint density at radius 3 is 2.67 bits per heavy atom. The molecular weight excluding hydrogens is 380 g/mol. The van der Waals surface area contributed by atoms with Crippen LogP contribution < -0.4 is 0 Å². The van der Waals surface area contributed by atoms with E-state index >= 15 is 0 Å². The van der Waals surface area contributed by atoms with Gasteiger partial charge in [-0.05, 0) is 47.7 Å². The third-order valence-corrected chi connectivity index (χ3v) is 5.85. The minimum atomic E-state index is -3.14. The van der Waals surface area contributed by atoms with Crippen LogP contribution in [0.1, 0.15) is 41.0 Å². The summed E-state index contributed by atoms with van der Waals surface area (Å²) in [6.07, 6.45) is 4.29. The van der Waals surface area contributed by atoms with Gasteiger partial charge in [0.15, 0.2) is 9.84 Å². The number of aromatic amines is 1. The minimum Gasteiger partial charge on any atom is -0.361 e. The van der Waals surface area contributed by atoms with Crippen LogP contribution in [0.25, 0.3) is 10.9 Å². The first-order valence-electron chi connectivity index (χ1n) is 8.69. The summed E-state index contributed by atoms with van der Waals surface area (Å²) in [7, 11) is -3.14.